The molecule has 2 aliphatic heterocycles. The minimum Gasteiger partial charge on any atom is -0.0848 e. The van der Waals surface area contributed by atoms with Gasteiger partial charge in [-0.1, -0.05) is 74.7 Å². The van der Waals surface area contributed by atoms with Crippen LogP contribution in [0.25, 0.3) is 0 Å². The van der Waals surface area contributed by atoms with Crippen molar-refractivity contribution in [1.82, 2.24) is 0 Å². The molecule has 108 valence electrons. The SMILES string of the molecule is C1=C[C@H]2C[C@@H]1[C@H]1[C@@H]2[C@H]2c3ccccc3[C@@H]1P2c1ccccc1. The fourth-order valence-electron chi connectivity index (χ4n) is 6.02. The van der Waals surface area contributed by atoms with Gasteiger partial charge >= 0.3 is 0 Å². The Morgan fingerprint density at radius 3 is 1.82 bits per heavy atom. The predicted molar refractivity (Wildman–Crippen MR) is 92.6 cm³/mol. The molecular formula is C21H19P. The van der Waals surface area contributed by atoms with Crippen LogP contribution in [0.4, 0.5) is 0 Å². The highest BCUT2D eigenvalue weighted by molar-refractivity contribution is 7.67. The van der Waals surface area contributed by atoms with Crippen LogP contribution in [0, 0.1) is 23.7 Å². The lowest BCUT2D eigenvalue weighted by atomic mass is 9.71. The minimum absolute atomic E-state index is 0.0649. The number of hydrogen-bond donors (Lipinski definition) is 0. The van der Waals surface area contributed by atoms with Crippen molar-refractivity contribution in [3.8, 4) is 0 Å². The third-order valence-corrected chi connectivity index (χ3v) is 9.94. The van der Waals surface area contributed by atoms with Crippen molar-refractivity contribution in [2.75, 3.05) is 0 Å². The Balaban J connectivity index is 1.58. The standard InChI is InChI=1S/C21H19P/c1-2-6-15(7-3-1)22-20-16-8-4-5-9-17(16)21(22)19-14-11-10-13(12-14)18(19)20/h1-11,13-14,18-21H,12H2/t13-,14+,18+,19-,20+,21-,22?. The van der Waals surface area contributed by atoms with Crippen LogP contribution in [-0.2, 0) is 0 Å². The van der Waals surface area contributed by atoms with E-state index >= 15 is 0 Å². The van der Waals surface area contributed by atoms with E-state index in [0.717, 1.165) is 35.0 Å². The van der Waals surface area contributed by atoms with Crippen LogP contribution in [0.2, 0.25) is 0 Å². The Morgan fingerprint density at radius 1 is 0.682 bits per heavy atom. The molecule has 22 heavy (non-hydrogen) atoms. The normalized spacial score (nSPS) is 42.6. The van der Waals surface area contributed by atoms with Crippen LogP contribution in [0.5, 0.6) is 0 Å². The first kappa shape index (κ1) is 12.1. The van der Waals surface area contributed by atoms with Crippen LogP contribution < -0.4 is 5.30 Å². The van der Waals surface area contributed by atoms with E-state index in [1.807, 2.05) is 0 Å². The minimum atomic E-state index is -0.0649. The maximum Gasteiger partial charge on any atom is 0.0128 e. The van der Waals surface area contributed by atoms with Gasteiger partial charge < -0.3 is 0 Å². The second-order valence-electron chi connectivity index (χ2n) is 7.36. The smallest absolute Gasteiger partial charge is 0.0128 e. The Hall–Kier alpha value is -1.39. The van der Waals surface area contributed by atoms with Crippen LogP contribution >= 0.6 is 7.92 Å². The summed E-state index contributed by atoms with van der Waals surface area (Å²) in [5, 5.41) is 1.64. The molecule has 1 unspecified atom stereocenters. The first-order valence-corrected chi connectivity index (χ1v) is 10.0. The first-order valence-electron chi connectivity index (χ1n) is 8.54. The van der Waals surface area contributed by atoms with Gasteiger partial charge in [-0.2, -0.15) is 0 Å². The Bertz CT molecular complexity index is 733. The highest BCUT2D eigenvalue weighted by atomic mass is 31.1. The monoisotopic (exact) mass is 302 g/mol. The van der Waals surface area contributed by atoms with E-state index in [1.165, 1.54) is 6.42 Å². The number of fused-ring (bicyclic) bond motifs is 12. The lowest BCUT2D eigenvalue weighted by Gasteiger charge is -2.32. The van der Waals surface area contributed by atoms with Crippen molar-refractivity contribution in [3.63, 3.8) is 0 Å². The molecule has 0 nitrogen and oxygen atoms in total. The van der Waals surface area contributed by atoms with Crippen LogP contribution in [0.15, 0.2) is 66.7 Å². The molecule has 4 bridgehead atoms. The fourth-order valence-corrected chi connectivity index (χ4v) is 10.2. The second-order valence-corrected chi connectivity index (χ2v) is 9.81. The van der Waals surface area contributed by atoms with Gasteiger partial charge in [0.2, 0.25) is 0 Å². The van der Waals surface area contributed by atoms with E-state index in [9.17, 15) is 0 Å². The molecule has 0 spiro atoms. The topological polar surface area (TPSA) is 0 Å². The average Bonchev–Trinajstić information content (AvgIpc) is 3.32. The third-order valence-electron chi connectivity index (χ3n) is 6.60. The summed E-state index contributed by atoms with van der Waals surface area (Å²) in [5.74, 6) is 3.60. The molecule has 0 aromatic heterocycles. The molecule has 1 saturated carbocycles. The predicted octanol–water partition coefficient (Wildman–Crippen LogP) is 5.04. The number of hydrogen-bond acceptors (Lipinski definition) is 0. The molecule has 0 amide bonds. The largest absolute Gasteiger partial charge is 0.0848 e. The molecule has 4 aliphatic rings. The van der Waals surface area contributed by atoms with E-state index < -0.39 is 0 Å². The molecule has 1 saturated heterocycles. The maximum absolute atomic E-state index is 2.55. The summed E-state index contributed by atoms with van der Waals surface area (Å²) in [6, 6.07) is 20.8. The van der Waals surface area contributed by atoms with Crippen molar-refractivity contribution in [1.29, 1.82) is 0 Å². The maximum atomic E-state index is 2.55. The lowest BCUT2D eigenvalue weighted by Crippen LogP contribution is -2.25. The molecule has 2 heterocycles. The van der Waals surface area contributed by atoms with Gasteiger partial charge in [-0.25, -0.2) is 0 Å². The quantitative estimate of drug-likeness (QED) is 0.511. The highest BCUT2D eigenvalue weighted by Crippen LogP contribution is 2.84. The molecule has 2 aliphatic carbocycles. The Morgan fingerprint density at radius 2 is 1.23 bits per heavy atom. The van der Waals surface area contributed by atoms with Crippen LogP contribution in [-0.4, -0.2) is 0 Å². The molecule has 2 fully saturated rings. The van der Waals surface area contributed by atoms with Crippen molar-refractivity contribution in [2.24, 2.45) is 23.7 Å². The van der Waals surface area contributed by atoms with Gasteiger partial charge in [-0.3, -0.25) is 0 Å². The van der Waals surface area contributed by atoms with Crippen molar-refractivity contribution < 1.29 is 0 Å². The van der Waals surface area contributed by atoms with E-state index in [-0.39, 0.29) is 7.92 Å². The van der Waals surface area contributed by atoms with Gasteiger partial charge in [0.15, 0.2) is 0 Å². The van der Waals surface area contributed by atoms with Gasteiger partial charge in [0, 0.05) is 11.3 Å². The zero-order chi connectivity index (χ0) is 14.3. The van der Waals surface area contributed by atoms with Gasteiger partial charge in [-0.15, -0.1) is 0 Å². The Kier molecular flexibility index (Phi) is 2.26. The van der Waals surface area contributed by atoms with Gasteiger partial charge in [0.25, 0.3) is 0 Å². The summed E-state index contributed by atoms with van der Waals surface area (Å²) in [6.07, 6.45) is 6.54. The van der Waals surface area contributed by atoms with Crippen LogP contribution in [0.3, 0.4) is 0 Å². The molecule has 2 aromatic rings. The Labute approximate surface area is 133 Å². The summed E-state index contributed by atoms with van der Waals surface area (Å²) in [5.41, 5.74) is 5.04. The number of rotatable bonds is 1. The number of allylic oxidation sites excluding steroid dienone is 2. The number of benzene rings is 2. The zero-order valence-electron chi connectivity index (χ0n) is 12.5. The average molecular weight is 302 g/mol. The fraction of sp³-hybridized carbons (Fsp3) is 0.333. The summed E-state index contributed by atoms with van der Waals surface area (Å²) in [4.78, 5) is 0. The molecule has 7 atom stereocenters. The first-order chi connectivity index (χ1) is 10.9. The van der Waals surface area contributed by atoms with E-state index in [2.05, 4.69) is 66.7 Å². The molecule has 2 aromatic carbocycles. The molecule has 1 heteroatoms. The van der Waals surface area contributed by atoms with Gasteiger partial charge in [0.05, 0.1) is 0 Å². The highest BCUT2D eigenvalue weighted by Gasteiger charge is 2.64. The van der Waals surface area contributed by atoms with Gasteiger partial charge in [-0.05, 0) is 46.5 Å². The third kappa shape index (κ3) is 1.30. The van der Waals surface area contributed by atoms with E-state index in [1.54, 1.807) is 16.4 Å². The summed E-state index contributed by atoms with van der Waals surface area (Å²) in [6.45, 7) is 0. The van der Waals surface area contributed by atoms with Crippen LogP contribution in [0.1, 0.15) is 28.9 Å². The zero-order valence-corrected chi connectivity index (χ0v) is 13.4. The molecule has 6 rings (SSSR count). The van der Waals surface area contributed by atoms with Crippen molar-refractivity contribution >= 4 is 13.2 Å². The van der Waals surface area contributed by atoms with Crippen molar-refractivity contribution in [3.05, 3.63) is 77.9 Å². The second kappa shape index (κ2) is 4.12. The summed E-state index contributed by atoms with van der Waals surface area (Å²) >= 11 is 0. The van der Waals surface area contributed by atoms with E-state index in [4.69, 9.17) is 0 Å². The van der Waals surface area contributed by atoms with Gasteiger partial charge in [0.1, 0.15) is 0 Å². The summed E-state index contributed by atoms with van der Waals surface area (Å²) in [7, 11) is -0.0649. The molecule has 0 N–H and O–H groups in total. The molecular weight excluding hydrogens is 283 g/mol. The lowest BCUT2D eigenvalue weighted by molar-refractivity contribution is 0.305. The summed E-state index contributed by atoms with van der Waals surface area (Å²) < 4.78 is 0. The van der Waals surface area contributed by atoms with Crippen molar-refractivity contribution in [2.45, 2.75) is 17.7 Å². The molecule has 0 radical (unpaired) electrons. The van der Waals surface area contributed by atoms with E-state index in [0.29, 0.717) is 0 Å².